The zero-order chi connectivity index (χ0) is 16.1. The standard InChI is InChI=1S/C18H20O3S/c1-4-8-21-16-6-5-14(10-13(16)3)15(18(19)20)11-17-12(2)7-9-22-17/h5-7,9-11H,4,8H2,1-3H3,(H,19,20)/b15-11-. The number of rotatable bonds is 6. The molecule has 3 nitrogen and oxygen atoms in total. The summed E-state index contributed by atoms with van der Waals surface area (Å²) < 4.78 is 5.64. The van der Waals surface area contributed by atoms with Gasteiger partial charge in [0, 0.05) is 4.88 Å². The van der Waals surface area contributed by atoms with Crippen molar-refractivity contribution >= 4 is 29.0 Å². The van der Waals surface area contributed by atoms with E-state index in [9.17, 15) is 9.90 Å². The minimum absolute atomic E-state index is 0.302. The molecule has 1 N–H and O–H groups in total. The van der Waals surface area contributed by atoms with E-state index in [1.54, 1.807) is 23.5 Å². The van der Waals surface area contributed by atoms with Crippen LogP contribution in [0.2, 0.25) is 0 Å². The number of aryl methyl sites for hydroxylation is 2. The number of carbonyl (C=O) groups is 1. The van der Waals surface area contributed by atoms with Crippen molar-refractivity contribution in [1.82, 2.24) is 0 Å². The van der Waals surface area contributed by atoms with E-state index in [0.717, 1.165) is 28.2 Å². The molecule has 0 atom stereocenters. The smallest absolute Gasteiger partial charge is 0.336 e. The third-order valence-corrected chi connectivity index (χ3v) is 4.32. The van der Waals surface area contributed by atoms with Crippen LogP contribution in [-0.2, 0) is 4.79 Å². The van der Waals surface area contributed by atoms with Gasteiger partial charge in [0.05, 0.1) is 12.2 Å². The van der Waals surface area contributed by atoms with E-state index in [4.69, 9.17) is 4.74 Å². The lowest BCUT2D eigenvalue weighted by Crippen LogP contribution is -2.02. The highest BCUT2D eigenvalue weighted by atomic mass is 32.1. The quantitative estimate of drug-likeness (QED) is 0.780. The van der Waals surface area contributed by atoms with Crippen LogP contribution < -0.4 is 4.74 Å². The number of benzene rings is 1. The van der Waals surface area contributed by atoms with Crippen LogP contribution in [0.15, 0.2) is 29.6 Å². The number of hydrogen-bond donors (Lipinski definition) is 1. The number of hydrogen-bond acceptors (Lipinski definition) is 3. The number of ether oxygens (including phenoxy) is 1. The first-order valence-corrected chi connectivity index (χ1v) is 8.13. The van der Waals surface area contributed by atoms with Gasteiger partial charge >= 0.3 is 5.97 Å². The molecule has 0 bridgehead atoms. The van der Waals surface area contributed by atoms with Crippen molar-refractivity contribution in [3.05, 3.63) is 51.2 Å². The molecule has 0 fully saturated rings. The molecule has 0 aliphatic heterocycles. The van der Waals surface area contributed by atoms with E-state index >= 15 is 0 Å². The number of thiophene rings is 1. The van der Waals surface area contributed by atoms with Gasteiger partial charge in [-0.1, -0.05) is 13.0 Å². The Morgan fingerprint density at radius 3 is 2.59 bits per heavy atom. The summed E-state index contributed by atoms with van der Waals surface area (Å²) in [6.45, 7) is 6.63. The zero-order valence-corrected chi connectivity index (χ0v) is 13.9. The summed E-state index contributed by atoms with van der Waals surface area (Å²) in [5.41, 5.74) is 3.03. The van der Waals surface area contributed by atoms with Crippen LogP contribution in [0.5, 0.6) is 5.75 Å². The van der Waals surface area contributed by atoms with Crippen LogP contribution in [0, 0.1) is 13.8 Å². The fourth-order valence-electron chi connectivity index (χ4n) is 2.12. The van der Waals surface area contributed by atoms with Crippen molar-refractivity contribution < 1.29 is 14.6 Å². The van der Waals surface area contributed by atoms with E-state index in [1.807, 2.05) is 37.4 Å². The zero-order valence-electron chi connectivity index (χ0n) is 13.1. The summed E-state index contributed by atoms with van der Waals surface area (Å²) in [6, 6.07) is 7.51. The van der Waals surface area contributed by atoms with Crippen molar-refractivity contribution in [2.75, 3.05) is 6.61 Å². The predicted octanol–water partition coefficient (Wildman–Crippen LogP) is 4.78. The fourth-order valence-corrected chi connectivity index (χ4v) is 2.98. The van der Waals surface area contributed by atoms with Gasteiger partial charge in [-0.05, 0) is 66.6 Å². The van der Waals surface area contributed by atoms with Crippen LogP contribution in [0.1, 0.15) is 34.9 Å². The number of aliphatic carboxylic acids is 1. The predicted molar refractivity (Wildman–Crippen MR) is 91.5 cm³/mol. The molecular formula is C18H20O3S. The minimum atomic E-state index is -0.922. The molecule has 0 radical (unpaired) electrons. The lowest BCUT2D eigenvalue weighted by molar-refractivity contribution is -0.130. The molecule has 0 spiro atoms. The van der Waals surface area contributed by atoms with Crippen LogP contribution in [0.4, 0.5) is 0 Å². The Bertz CT molecular complexity index is 698. The first-order chi connectivity index (χ1) is 10.5. The van der Waals surface area contributed by atoms with Gasteiger partial charge in [-0.15, -0.1) is 11.3 Å². The normalized spacial score (nSPS) is 11.5. The maximum Gasteiger partial charge on any atom is 0.336 e. The molecule has 1 aromatic carbocycles. The van der Waals surface area contributed by atoms with Gasteiger partial charge < -0.3 is 9.84 Å². The summed E-state index contributed by atoms with van der Waals surface area (Å²) in [6.07, 6.45) is 2.68. The molecule has 1 aromatic heterocycles. The highest BCUT2D eigenvalue weighted by Crippen LogP contribution is 2.27. The molecule has 0 aliphatic carbocycles. The number of carboxylic acid groups (broad SMARTS) is 1. The molecule has 116 valence electrons. The highest BCUT2D eigenvalue weighted by molar-refractivity contribution is 7.11. The van der Waals surface area contributed by atoms with E-state index in [1.165, 1.54) is 0 Å². The lowest BCUT2D eigenvalue weighted by atomic mass is 10.0. The summed E-state index contributed by atoms with van der Waals surface area (Å²) >= 11 is 1.54. The average Bonchev–Trinajstić information content (AvgIpc) is 2.88. The topological polar surface area (TPSA) is 46.5 Å². The summed E-state index contributed by atoms with van der Waals surface area (Å²) in [4.78, 5) is 12.6. The lowest BCUT2D eigenvalue weighted by Gasteiger charge is -2.10. The molecule has 1 heterocycles. The molecule has 4 heteroatoms. The number of carboxylic acids is 1. The van der Waals surface area contributed by atoms with Crippen molar-refractivity contribution in [2.45, 2.75) is 27.2 Å². The van der Waals surface area contributed by atoms with E-state index in [0.29, 0.717) is 17.7 Å². The summed E-state index contributed by atoms with van der Waals surface area (Å²) in [5, 5.41) is 11.5. The van der Waals surface area contributed by atoms with Crippen LogP contribution in [0.25, 0.3) is 11.6 Å². The fraction of sp³-hybridized carbons (Fsp3) is 0.278. The van der Waals surface area contributed by atoms with Crippen molar-refractivity contribution in [3.63, 3.8) is 0 Å². The summed E-state index contributed by atoms with van der Waals surface area (Å²) in [7, 11) is 0. The van der Waals surface area contributed by atoms with Crippen molar-refractivity contribution in [1.29, 1.82) is 0 Å². The second kappa shape index (κ2) is 7.27. The molecule has 2 rings (SSSR count). The highest BCUT2D eigenvalue weighted by Gasteiger charge is 2.13. The van der Waals surface area contributed by atoms with Gasteiger partial charge in [-0.2, -0.15) is 0 Å². The molecule has 0 saturated heterocycles. The Balaban J connectivity index is 2.38. The Kier molecular flexibility index (Phi) is 5.39. The Hall–Kier alpha value is -2.07. The van der Waals surface area contributed by atoms with Crippen molar-refractivity contribution in [3.8, 4) is 5.75 Å². The van der Waals surface area contributed by atoms with Gasteiger partial charge in [0.1, 0.15) is 5.75 Å². The van der Waals surface area contributed by atoms with E-state index in [-0.39, 0.29) is 0 Å². The monoisotopic (exact) mass is 316 g/mol. The van der Waals surface area contributed by atoms with Crippen LogP contribution >= 0.6 is 11.3 Å². The van der Waals surface area contributed by atoms with Crippen LogP contribution in [0.3, 0.4) is 0 Å². The van der Waals surface area contributed by atoms with Gasteiger partial charge in [0.25, 0.3) is 0 Å². The molecule has 0 unspecified atom stereocenters. The van der Waals surface area contributed by atoms with E-state index in [2.05, 4.69) is 6.92 Å². The SMILES string of the molecule is CCCOc1ccc(/C(=C/c2sccc2C)C(=O)O)cc1C. The van der Waals surface area contributed by atoms with Crippen molar-refractivity contribution in [2.24, 2.45) is 0 Å². The molecule has 0 saturated carbocycles. The van der Waals surface area contributed by atoms with Crippen LogP contribution in [-0.4, -0.2) is 17.7 Å². The molecule has 22 heavy (non-hydrogen) atoms. The molecule has 0 amide bonds. The van der Waals surface area contributed by atoms with Gasteiger partial charge in [-0.3, -0.25) is 0 Å². The molecular weight excluding hydrogens is 296 g/mol. The van der Waals surface area contributed by atoms with Gasteiger partial charge in [0.2, 0.25) is 0 Å². The third kappa shape index (κ3) is 3.77. The molecule has 2 aromatic rings. The largest absolute Gasteiger partial charge is 0.493 e. The molecule has 0 aliphatic rings. The van der Waals surface area contributed by atoms with Gasteiger partial charge in [-0.25, -0.2) is 4.79 Å². The first-order valence-electron chi connectivity index (χ1n) is 7.25. The Labute approximate surface area is 134 Å². The summed E-state index contributed by atoms with van der Waals surface area (Å²) in [5.74, 6) is -0.114. The van der Waals surface area contributed by atoms with Gasteiger partial charge in [0.15, 0.2) is 0 Å². The second-order valence-electron chi connectivity index (χ2n) is 5.16. The Morgan fingerprint density at radius 2 is 2.05 bits per heavy atom. The Morgan fingerprint density at radius 1 is 1.27 bits per heavy atom. The maximum atomic E-state index is 11.6. The minimum Gasteiger partial charge on any atom is -0.493 e. The maximum absolute atomic E-state index is 11.6. The third-order valence-electron chi connectivity index (χ3n) is 3.36. The van der Waals surface area contributed by atoms with E-state index < -0.39 is 5.97 Å². The average molecular weight is 316 g/mol. The second-order valence-corrected chi connectivity index (χ2v) is 6.11. The first kappa shape index (κ1) is 16.3.